The zero-order chi connectivity index (χ0) is 6.69. The minimum Gasteiger partial charge on any atom is -0.294 e. The Morgan fingerprint density at radius 3 is 2.45 bits per heavy atom. The molecule has 0 saturated carbocycles. The SMILES string of the molecule is Cl.Cl.NNc1ncnc(=O)[nH]1. The van der Waals surface area contributed by atoms with Gasteiger partial charge >= 0.3 is 5.69 Å². The van der Waals surface area contributed by atoms with Crippen LogP contribution in [0, 0.1) is 0 Å². The van der Waals surface area contributed by atoms with E-state index in [4.69, 9.17) is 5.84 Å². The molecular weight excluding hydrogens is 193 g/mol. The zero-order valence-corrected chi connectivity index (χ0v) is 6.91. The molecule has 0 aliphatic heterocycles. The lowest BCUT2D eigenvalue weighted by Gasteiger charge is -1.92. The number of rotatable bonds is 1. The van der Waals surface area contributed by atoms with Gasteiger partial charge in [0.15, 0.2) is 0 Å². The number of anilines is 1. The van der Waals surface area contributed by atoms with Gasteiger partial charge in [0.25, 0.3) is 0 Å². The van der Waals surface area contributed by atoms with E-state index < -0.39 is 5.69 Å². The lowest BCUT2D eigenvalue weighted by Crippen LogP contribution is -2.17. The molecular formula is C3H7Cl2N5O. The van der Waals surface area contributed by atoms with Crippen molar-refractivity contribution in [3.05, 3.63) is 16.8 Å². The Balaban J connectivity index is 0. The van der Waals surface area contributed by atoms with E-state index in [0.717, 1.165) is 6.33 Å². The highest BCUT2D eigenvalue weighted by Crippen LogP contribution is 1.80. The fraction of sp³-hybridized carbons (Fsp3) is 0. The van der Waals surface area contributed by atoms with Crippen molar-refractivity contribution < 1.29 is 0 Å². The number of hydrogen-bond acceptors (Lipinski definition) is 5. The van der Waals surface area contributed by atoms with E-state index in [1.165, 1.54) is 0 Å². The highest BCUT2D eigenvalue weighted by Gasteiger charge is 1.86. The maximum atomic E-state index is 10.3. The first-order chi connectivity index (χ1) is 4.33. The number of hydrogen-bond donors (Lipinski definition) is 3. The monoisotopic (exact) mass is 199 g/mol. The van der Waals surface area contributed by atoms with Gasteiger partial charge in [-0.05, 0) is 0 Å². The molecule has 0 spiro atoms. The summed E-state index contributed by atoms with van der Waals surface area (Å²) in [6.45, 7) is 0. The van der Waals surface area contributed by atoms with Crippen LogP contribution in [0.2, 0.25) is 0 Å². The van der Waals surface area contributed by atoms with Crippen molar-refractivity contribution in [2.24, 2.45) is 5.84 Å². The molecule has 4 N–H and O–H groups in total. The van der Waals surface area contributed by atoms with E-state index in [2.05, 4.69) is 20.4 Å². The van der Waals surface area contributed by atoms with E-state index in [1.807, 2.05) is 0 Å². The quantitative estimate of drug-likeness (QED) is 0.411. The van der Waals surface area contributed by atoms with Crippen LogP contribution < -0.4 is 17.0 Å². The highest BCUT2D eigenvalue weighted by molar-refractivity contribution is 5.85. The standard InChI is InChI=1S/C3H5N5O.2ClH/c4-8-2-5-1-6-3(9)7-2;;/h1H,4H2,(H2,5,6,7,8,9);2*1H. The van der Waals surface area contributed by atoms with Crippen molar-refractivity contribution in [2.75, 3.05) is 5.43 Å². The molecule has 0 aromatic carbocycles. The Morgan fingerprint density at radius 1 is 1.45 bits per heavy atom. The molecule has 1 aromatic heterocycles. The number of hydrazine groups is 1. The molecule has 0 aliphatic carbocycles. The summed E-state index contributed by atoms with van der Waals surface area (Å²) in [5.74, 6) is 5.11. The summed E-state index contributed by atoms with van der Waals surface area (Å²) in [5.41, 5.74) is 1.69. The van der Waals surface area contributed by atoms with Gasteiger partial charge in [-0.2, -0.15) is 4.98 Å². The number of H-pyrrole nitrogens is 1. The van der Waals surface area contributed by atoms with E-state index in [1.54, 1.807) is 0 Å². The summed E-state index contributed by atoms with van der Waals surface area (Å²) < 4.78 is 0. The van der Waals surface area contributed by atoms with Crippen LogP contribution in [0.1, 0.15) is 0 Å². The van der Waals surface area contributed by atoms with Crippen LogP contribution in [0.3, 0.4) is 0 Å². The molecule has 0 amide bonds. The number of aromatic amines is 1. The molecule has 0 saturated heterocycles. The fourth-order valence-corrected chi connectivity index (χ4v) is 0.378. The maximum Gasteiger partial charge on any atom is 0.349 e. The van der Waals surface area contributed by atoms with Crippen LogP contribution >= 0.6 is 24.8 Å². The fourth-order valence-electron chi connectivity index (χ4n) is 0.378. The molecule has 1 heterocycles. The van der Waals surface area contributed by atoms with Gasteiger partial charge in [0.1, 0.15) is 6.33 Å². The summed E-state index contributed by atoms with van der Waals surface area (Å²) >= 11 is 0. The van der Waals surface area contributed by atoms with Gasteiger partial charge in [0, 0.05) is 0 Å². The molecule has 0 aliphatic rings. The van der Waals surface area contributed by atoms with Gasteiger partial charge in [0.05, 0.1) is 0 Å². The number of nitrogens with one attached hydrogen (secondary N) is 2. The average Bonchev–Trinajstić information content (AvgIpc) is 1.88. The van der Waals surface area contributed by atoms with Gasteiger partial charge in [-0.25, -0.2) is 15.6 Å². The maximum absolute atomic E-state index is 10.3. The second-order valence-corrected chi connectivity index (χ2v) is 1.30. The molecule has 0 unspecified atom stereocenters. The lowest BCUT2D eigenvalue weighted by atomic mass is 10.9. The first kappa shape index (κ1) is 12.8. The summed E-state index contributed by atoms with van der Waals surface area (Å²) in [6, 6.07) is 0. The zero-order valence-electron chi connectivity index (χ0n) is 5.27. The molecule has 0 fully saturated rings. The summed E-state index contributed by atoms with van der Waals surface area (Å²) in [5, 5.41) is 0. The van der Waals surface area contributed by atoms with Crippen molar-refractivity contribution in [3.63, 3.8) is 0 Å². The predicted octanol–water partition coefficient (Wildman–Crippen LogP) is -0.706. The van der Waals surface area contributed by atoms with Crippen molar-refractivity contribution in [3.8, 4) is 0 Å². The molecule has 6 nitrogen and oxygen atoms in total. The van der Waals surface area contributed by atoms with Crippen molar-refractivity contribution >= 4 is 30.8 Å². The summed E-state index contributed by atoms with van der Waals surface area (Å²) in [7, 11) is 0. The number of nitrogens with zero attached hydrogens (tertiary/aromatic N) is 2. The highest BCUT2D eigenvalue weighted by atomic mass is 35.5. The smallest absolute Gasteiger partial charge is 0.294 e. The average molecular weight is 200 g/mol. The molecule has 8 heteroatoms. The van der Waals surface area contributed by atoms with Crippen LogP contribution in [0.4, 0.5) is 5.95 Å². The normalized spacial score (nSPS) is 7.36. The molecule has 64 valence electrons. The Labute approximate surface area is 74.4 Å². The van der Waals surface area contributed by atoms with Crippen LogP contribution in [-0.2, 0) is 0 Å². The third-order valence-corrected chi connectivity index (χ3v) is 0.724. The van der Waals surface area contributed by atoms with Gasteiger partial charge < -0.3 is 0 Å². The van der Waals surface area contributed by atoms with E-state index in [-0.39, 0.29) is 30.8 Å². The van der Waals surface area contributed by atoms with Gasteiger partial charge in [0.2, 0.25) is 5.95 Å². The number of nitrogen functional groups attached to an aromatic ring is 1. The Bertz CT molecular complexity index is 249. The van der Waals surface area contributed by atoms with Crippen molar-refractivity contribution in [1.82, 2.24) is 15.0 Å². The summed E-state index contributed by atoms with van der Waals surface area (Å²) in [4.78, 5) is 19.4. The minimum atomic E-state index is -0.474. The van der Waals surface area contributed by atoms with Crippen LogP contribution in [-0.4, -0.2) is 15.0 Å². The first-order valence-corrected chi connectivity index (χ1v) is 2.21. The van der Waals surface area contributed by atoms with Gasteiger partial charge in [-0.15, -0.1) is 24.8 Å². The van der Waals surface area contributed by atoms with Crippen molar-refractivity contribution in [1.29, 1.82) is 0 Å². The van der Waals surface area contributed by atoms with Crippen LogP contribution in [0.25, 0.3) is 0 Å². The second-order valence-electron chi connectivity index (χ2n) is 1.30. The molecule has 0 bridgehead atoms. The molecule has 11 heavy (non-hydrogen) atoms. The Hall–Kier alpha value is -0.850. The van der Waals surface area contributed by atoms with E-state index in [0.29, 0.717) is 0 Å². The van der Waals surface area contributed by atoms with E-state index in [9.17, 15) is 4.79 Å². The molecule has 1 aromatic rings. The number of nitrogens with two attached hydrogens (primary N) is 1. The predicted molar refractivity (Wildman–Crippen MR) is 45.0 cm³/mol. The summed E-state index contributed by atoms with van der Waals surface area (Å²) in [6.07, 6.45) is 1.12. The number of aromatic nitrogens is 3. The Kier molecular flexibility index (Phi) is 6.86. The topological polar surface area (TPSA) is 96.7 Å². The second kappa shape index (κ2) is 5.90. The third kappa shape index (κ3) is 3.76. The lowest BCUT2D eigenvalue weighted by molar-refractivity contribution is 0.976. The Morgan fingerprint density at radius 2 is 2.09 bits per heavy atom. The molecule has 1 rings (SSSR count). The van der Waals surface area contributed by atoms with Crippen LogP contribution in [0.5, 0.6) is 0 Å². The third-order valence-electron chi connectivity index (χ3n) is 0.724. The largest absolute Gasteiger partial charge is 0.349 e. The van der Waals surface area contributed by atoms with Crippen molar-refractivity contribution in [2.45, 2.75) is 0 Å². The van der Waals surface area contributed by atoms with Gasteiger partial charge in [-0.1, -0.05) is 0 Å². The first-order valence-electron chi connectivity index (χ1n) is 2.21. The molecule has 0 atom stereocenters. The van der Waals surface area contributed by atoms with Crippen LogP contribution in [0.15, 0.2) is 11.1 Å². The number of halogens is 2. The van der Waals surface area contributed by atoms with Gasteiger partial charge in [-0.3, -0.25) is 10.4 Å². The van der Waals surface area contributed by atoms with E-state index >= 15 is 0 Å². The molecule has 0 radical (unpaired) electrons. The minimum absolute atomic E-state index is 0.